The monoisotopic (exact) mass is 216 g/mol. The summed E-state index contributed by atoms with van der Waals surface area (Å²) < 4.78 is 2.02. The van der Waals surface area contributed by atoms with Crippen molar-refractivity contribution in [3.63, 3.8) is 0 Å². The lowest BCUT2D eigenvalue weighted by Gasteiger charge is -2.15. The van der Waals surface area contributed by atoms with Gasteiger partial charge in [-0.05, 0) is 23.8 Å². The lowest BCUT2D eigenvalue weighted by molar-refractivity contribution is 0.738. The number of thioether (sulfide) groups is 1. The lowest BCUT2D eigenvalue weighted by Crippen LogP contribution is -2.19. The Bertz CT molecular complexity index is 450. The Hall–Kier alpha value is -1.35. The van der Waals surface area contributed by atoms with E-state index in [1.807, 2.05) is 41.0 Å². The van der Waals surface area contributed by atoms with Crippen molar-refractivity contribution >= 4 is 11.8 Å². The van der Waals surface area contributed by atoms with Gasteiger partial charge in [0.2, 0.25) is 0 Å². The molecule has 1 atom stereocenters. The highest BCUT2D eigenvalue weighted by atomic mass is 32.2. The maximum atomic E-state index is 3.47. The second-order valence-electron chi connectivity index (χ2n) is 3.62. The number of rotatable bonds is 2. The minimum Gasteiger partial charge on any atom is -0.318 e. The van der Waals surface area contributed by atoms with Crippen LogP contribution in [0, 0.1) is 0 Å². The number of nitrogens with one attached hydrogen (secondary N) is 1. The van der Waals surface area contributed by atoms with E-state index in [1.165, 1.54) is 10.5 Å². The van der Waals surface area contributed by atoms with Crippen molar-refractivity contribution in [1.29, 1.82) is 0 Å². The molecule has 1 N–H and O–H groups in total. The molecule has 0 amide bonds. The minimum absolute atomic E-state index is 0.429. The van der Waals surface area contributed by atoms with Gasteiger partial charge in [0.05, 0.1) is 6.04 Å². The van der Waals surface area contributed by atoms with Crippen LogP contribution in [0.5, 0.6) is 0 Å². The van der Waals surface area contributed by atoms with Gasteiger partial charge in [0, 0.05) is 23.0 Å². The van der Waals surface area contributed by atoms with E-state index in [0.717, 1.165) is 5.75 Å². The molecule has 3 heteroatoms. The van der Waals surface area contributed by atoms with Gasteiger partial charge in [-0.15, -0.1) is 11.8 Å². The quantitative estimate of drug-likeness (QED) is 0.831. The fourth-order valence-corrected chi connectivity index (χ4v) is 3.02. The van der Waals surface area contributed by atoms with Crippen molar-refractivity contribution < 1.29 is 0 Å². The topological polar surface area (TPSA) is 17.0 Å². The molecular formula is C12H12N2S. The van der Waals surface area contributed by atoms with Gasteiger partial charge in [-0.2, -0.15) is 0 Å². The highest BCUT2D eigenvalue weighted by Gasteiger charge is 2.22. The first-order valence-corrected chi connectivity index (χ1v) is 6.03. The smallest absolute Gasteiger partial charge is 0.0778 e. The molecule has 1 aliphatic rings. The fraction of sp³-hybridized carbons (Fsp3) is 0.167. The van der Waals surface area contributed by atoms with Crippen LogP contribution in [-0.4, -0.2) is 10.4 Å². The second-order valence-corrected chi connectivity index (χ2v) is 4.68. The number of nitrogens with zero attached hydrogens (tertiary/aromatic N) is 1. The van der Waals surface area contributed by atoms with E-state index >= 15 is 0 Å². The van der Waals surface area contributed by atoms with Crippen LogP contribution in [0.1, 0.15) is 11.6 Å². The highest BCUT2D eigenvalue weighted by molar-refractivity contribution is 7.99. The zero-order valence-corrected chi connectivity index (χ0v) is 9.08. The van der Waals surface area contributed by atoms with Crippen molar-refractivity contribution in [3.05, 3.63) is 54.4 Å². The van der Waals surface area contributed by atoms with Crippen molar-refractivity contribution in [2.24, 2.45) is 0 Å². The fourth-order valence-electron chi connectivity index (χ4n) is 1.87. The molecule has 0 fully saturated rings. The van der Waals surface area contributed by atoms with Gasteiger partial charge in [-0.1, -0.05) is 18.2 Å². The summed E-state index contributed by atoms with van der Waals surface area (Å²) in [6.07, 6.45) is 4.07. The first kappa shape index (κ1) is 8.92. The van der Waals surface area contributed by atoms with E-state index in [2.05, 4.69) is 29.7 Å². The maximum absolute atomic E-state index is 3.47. The molecule has 1 unspecified atom stereocenters. The summed E-state index contributed by atoms with van der Waals surface area (Å²) in [5, 5.41) is 0. The second kappa shape index (κ2) is 3.66. The molecule has 2 heterocycles. The molecule has 3 rings (SSSR count). The summed E-state index contributed by atoms with van der Waals surface area (Å²) >= 11 is 1.92. The first-order valence-electron chi connectivity index (χ1n) is 5.05. The number of fused-ring (bicyclic) bond motifs is 1. The van der Waals surface area contributed by atoms with Crippen LogP contribution >= 0.6 is 11.8 Å². The Kier molecular flexibility index (Phi) is 2.18. The average molecular weight is 216 g/mol. The molecule has 0 saturated carbocycles. The molecule has 1 aromatic heterocycles. The minimum atomic E-state index is 0.429. The zero-order chi connectivity index (χ0) is 10.1. The van der Waals surface area contributed by atoms with Gasteiger partial charge >= 0.3 is 0 Å². The zero-order valence-electron chi connectivity index (χ0n) is 8.26. The summed E-state index contributed by atoms with van der Waals surface area (Å²) in [6, 6.07) is 13.1. The first-order chi connectivity index (χ1) is 7.43. The summed E-state index contributed by atoms with van der Waals surface area (Å²) in [7, 11) is 0. The van der Waals surface area contributed by atoms with Crippen LogP contribution in [0.4, 0.5) is 0 Å². The average Bonchev–Trinajstić information content (AvgIpc) is 2.89. The molecule has 15 heavy (non-hydrogen) atoms. The standard InChI is InChI=1S/C12H12N2S/c1-2-6-12-10(5-1)11(9-15-12)13-14-7-3-4-8-14/h1-8,11,13H,9H2. The van der Waals surface area contributed by atoms with E-state index in [9.17, 15) is 0 Å². The van der Waals surface area contributed by atoms with E-state index in [4.69, 9.17) is 0 Å². The van der Waals surface area contributed by atoms with E-state index in [0.29, 0.717) is 6.04 Å². The third-order valence-corrected chi connectivity index (χ3v) is 3.79. The number of hydrogen-bond acceptors (Lipinski definition) is 2. The SMILES string of the molecule is c1ccc2c(c1)SCC2Nn1cccc1. The van der Waals surface area contributed by atoms with Gasteiger partial charge in [-0.3, -0.25) is 4.68 Å². The molecule has 0 bridgehead atoms. The van der Waals surface area contributed by atoms with Crippen molar-refractivity contribution in [2.75, 3.05) is 11.2 Å². The third kappa shape index (κ3) is 1.63. The van der Waals surface area contributed by atoms with E-state index in [1.54, 1.807) is 0 Å². The predicted molar refractivity (Wildman–Crippen MR) is 63.7 cm³/mol. The van der Waals surface area contributed by atoms with Crippen LogP contribution in [0.25, 0.3) is 0 Å². The van der Waals surface area contributed by atoms with E-state index in [-0.39, 0.29) is 0 Å². The van der Waals surface area contributed by atoms with Crippen molar-refractivity contribution in [1.82, 2.24) is 4.68 Å². The Balaban J connectivity index is 1.85. The molecule has 1 aromatic carbocycles. The number of benzene rings is 1. The highest BCUT2D eigenvalue weighted by Crippen LogP contribution is 2.38. The van der Waals surface area contributed by atoms with Gasteiger partial charge < -0.3 is 5.43 Å². The van der Waals surface area contributed by atoms with Gasteiger partial charge in [0.25, 0.3) is 0 Å². The normalized spacial score (nSPS) is 18.8. The summed E-state index contributed by atoms with van der Waals surface area (Å²) in [5.74, 6) is 1.11. The lowest BCUT2D eigenvalue weighted by atomic mass is 10.1. The van der Waals surface area contributed by atoms with Gasteiger partial charge in [0.15, 0.2) is 0 Å². The summed E-state index contributed by atoms with van der Waals surface area (Å²) in [4.78, 5) is 1.40. The Morgan fingerprint density at radius 2 is 1.93 bits per heavy atom. The molecular weight excluding hydrogens is 204 g/mol. The van der Waals surface area contributed by atoms with Crippen LogP contribution in [0.3, 0.4) is 0 Å². The molecule has 0 spiro atoms. The molecule has 1 aliphatic heterocycles. The Labute approximate surface area is 93.3 Å². The molecule has 0 aliphatic carbocycles. The van der Waals surface area contributed by atoms with Crippen LogP contribution in [0.2, 0.25) is 0 Å². The molecule has 76 valence electrons. The Morgan fingerprint density at radius 1 is 1.13 bits per heavy atom. The van der Waals surface area contributed by atoms with Crippen LogP contribution < -0.4 is 5.43 Å². The van der Waals surface area contributed by atoms with Crippen molar-refractivity contribution in [2.45, 2.75) is 10.9 Å². The number of aromatic nitrogens is 1. The molecule has 2 nitrogen and oxygen atoms in total. The number of hydrogen-bond donors (Lipinski definition) is 1. The third-order valence-electron chi connectivity index (χ3n) is 2.61. The van der Waals surface area contributed by atoms with Gasteiger partial charge in [-0.25, -0.2) is 0 Å². The van der Waals surface area contributed by atoms with Gasteiger partial charge in [0.1, 0.15) is 0 Å². The van der Waals surface area contributed by atoms with Crippen LogP contribution in [0.15, 0.2) is 53.7 Å². The molecule has 0 radical (unpaired) electrons. The predicted octanol–water partition coefficient (Wildman–Crippen LogP) is 2.88. The van der Waals surface area contributed by atoms with E-state index < -0.39 is 0 Å². The van der Waals surface area contributed by atoms with Crippen LogP contribution in [-0.2, 0) is 0 Å². The molecule has 0 saturated heterocycles. The largest absolute Gasteiger partial charge is 0.318 e. The summed E-state index contributed by atoms with van der Waals surface area (Å²) in [6.45, 7) is 0. The Morgan fingerprint density at radius 3 is 2.80 bits per heavy atom. The molecule has 2 aromatic rings. The summed E-state index contributed by atoms with van der Waals surface area (Å²) in [5.41, 5.74) is 4.89. The van der Waals surface area contributed by atoms with Crippen molar-refractivity contribution in [3.8, 4) is 0 Å². The maximum Gasteiger partial charge on any atom is 0.0778 e.